The van der Waals surface area contributed by atoms with Gasteiger partial charge in [-0.25, -0.2) is 0 Å². The Morgan fingerprint density at radius 3 is 3.25 bits per heavy atom. The highest BCUT2D eigenvalue weighted by molar-refractivity contribution is 7.98. The summed E-state index contributed by atoms with van der Waals surface area (Å²) in [5, 5.41) is 6.52. The average molecular weight is 310 g/mol. The number of hydrogen-bond donors (Lipinski definition) is 2. The van der Waals surface area contributed by atoms with Gasteiger partial charge in [-0.3, -0.25) is 4.79 Å². The van der Waals surface area contributed by atoms with Crippen LogP contribution in [0.1, 0.15) is 39.4 Å². The molecule has 20 heavy (non-hydrogen) atoms. The van der Waals surface area contributed by atoms with E-state index in [0.29, 0.717) is 0 Å². The zero-order chi connectivity index (χ0) is 13.8. The standard InChI is InChI=1S/C15H22N2OS2/c18-15(17-6-3-11-2-1-5-16-9-11)14-8-12-10-19-7-4-13(12)20-14/h8,11,16H,1-7,9-10H2,(H,17,18). The maximum Gasteiger partial charge on any atom is 0.261 e. The van der Waals surface area contributed by atoms with E-state index in [0.717, 1.165) is 49.0 Å². The number of hydrogen-bond acceptors (Lipinski definition) is 4. The molecule has 1 fully saturated rings. The third kappa shape index (κ3) is 3.57. The second-order valence-electron chi connectivity index (χ2n) is 5.62. The summed E-state index contributed by atoms with van der Waals surface area (Å²) in [7, 11) is 0. The summed E-state index contributed by atoms with van der Waals surface area (Å²) < 4.78 is 0. The Balaban J connectivity index is 1.47. The Kier molecular flexibility index (Phi) is 5.02. The summed E-state index contributed by atoms with van der Waals surface area (Å²) in [5.74, 6) is 3.13. The molecule has 1 aromatic heterocycles. The second kappa shape index (κ2) is 6.96. The molecule has 0 aromatic carbocycles. The summed E-state index contributed by atoms with van der Waals surface area (Å²) in [6.07, 6.45) is 4.80. The summed E-state index contributed by atoms with van der Waals surface area (Å²) in [5.41, 5.74) is 1.38. The molecule has 2 aliphatic heterocycles. The van der Waals surface area contributed by atoms with E-state index in [2.05, 4.69) is 16.7 Å². The number of carbonyl (C=O) groups is 1. The fraction of sp³-hybridized carbons (Fsp3) is 0.667. The molecule has 1 aromatic rings. The van der Waals surface area contributed by atoms with Gasteiger partial charge >= 0.3 is 0 Å². The summed E-state index contributed by atoms with van der Waals surface area (Å²) in [4.78, 5) is 14.5. The molecule has 1 atom stereocenters. The van der Waals surface area contributed by atoms with E-state index in [1.54, 1.807) is 11.3 Å². The normalized spacial score (nSPS) is 22.3. The van der Waals surface area contributed by atoms with Gasteiger partial charge in [-0.15, -0.1) is 11.3 Å². The molecule has 2 N–H and O–H groups in total. The minimum atomic E-state index is 0.123. The van der Waals surface area contributed by atoms with Crippen LogP contribution in [-0.4, -0.2) is 31.3 Å². The van der Waals surface area contributed by atoms with Gasteiger partial charge in [-0.1, -0.05) is 0 Å². The van der Waals surface area contributed by atoms with Crippen molar-refractivity contribution < 1.29 is 4.79 Å². The molecule has 0 saturated carbocycles. The molecule has 1 unspecified atom stereocenters. The quantitative estimate of drug-likeness (QED) is 0.898. The van der Waals surface area contributed by atoms with Crippen LogP contribution in [0.5, 0.6) is 0 Å². The molecule has 5 heteroatoms. The zero-order valence-electron chi connectivity index (χ0n) is 11.7. The van der Waals surface area contributed by atoms with E-state index in [4.69, 9.17) is 0 Å². The first-order chi connectivity index (χ1) is 9.83. The van der Waals surface area contributed by atoms with Gasteiger partial charge in [-0.05, 0) is 62.1 Å². The topological polar surface area (TPSA) is 41.1 Å². The van der Waals surface area contributed by atoms with Crippen LogP contribution in [0.3, 0.4) is 0 Å². The molecule has 0 aliphatic carbocycles. The number of carbonyl (C=O) groups excluding carboxylic acids is 1. The molecular weight excluding hydrogens is 288 g/mol. The molecule has 0 spiro atoms. The van der Waals surface area contributed by atoms with Crippen molar-refractivity contribution in [3.8, 4) is 0 Å². The molecule has 1 amide bonds. The lowest BCUT2D eigenvalue weighted by molar-refractivity contribution is 0.0954. The number of thioether (sulfide) groups is 1. The van der Waals surface area contributed by atoms with E-state index < -0.39 is 0 Å². The van der Waals surface area contributed by atoms with E-state index in [9.17, 15) is 4.79 Å². The first-order valence-electron chi connectivity index (χ1n) is 7.51. The highest BCUT2D eigenvalue weighted by atomic mass is 32.2. The molecule has 3 heterocycles. The van der Waals surface area contributed by atoms with E-state index in [-0.39, 0.29) is 5.91 Å². The molecule has 3 rings (SSSR count). The average Bonchev–Trinajstić information content (AvgIpc) is 2.92. The number of thiophene rings is 1. The maximum atomic E-state index is 12.2. The number of fused-ring (bicyclic) bond motifs is 1. The minimum absolute atomic E-state index is 0.123. The smallest absolute Gasteiger partial charge is 0.261 e. The minimum Gasteiger partial charge on any atom is -0.351 e. The van der Waals surface area contributed by atoms with Crippen LogP contribution < -0.4 is 10.6 Å². The van der Waals surface area contributed by atoms with Crippen molar-refractivity contribution in [2.75, 3.05) is 25.4 Å². The van der Waals surface area contributed by atoms with E-state index >= 15 is 0 Å². The Morgan fingerprint density at radius 2 is 2.45 bits per heavy atom. The first-order valence-corrected chi connectivity index (χ1v) is 9.48. The lowest BCUT2D eigenvalue weighted by Gasteiger charge is -2.22. The molecule has 3 nitrogen and oxygen atoms in total. The number of aryl methyl sites for hydroxylation is 1. The Labute approximate surface area is 128 Å². The molecule has 2 aliphatic rings. The van der Waals surface area contributed by atoms with Crippen molar-refractivity contribution >= 4 is 29.0 Å². The zero-order valence-corrected chi connectivity index (χ0v) is 13.4. The summed E-state index contributed by atoms with van der Waals surface area (Å²) >= 11 is 3.66. The van der Waals surface area contributed by atoms with Crippen molar-refractivity contribution in [3.63, 3.8) is 0 Å². The third-order valence-corrected chi connectivity index (χ3v) is 6.33. The maximum absolute atomic E-state index is 12.2. The molecule has 1 saturated heterocycles. The number of amides is 1. The fourth-order valence-electron chi connectivity index (χ4n) is 2.91. The van der Waals surface area contributed by atoms with Crippen molar-refractivity contribution in [1.29, 1.82) is 0 Å². The lowest BCUT2D eigenvalue weighted by atomic mass is 9.96. The summed E-state index contributed by atoms with van der Waals surface area (Å²) in [6.45, 7) is 3.07. The van der Waals surface area contributed by atoms with Crippen LogP contribution in [0, 0.1) is 5.92 Å². The Morgan fingerprint density at radius 1 is 1.50 bits per heavy atom. The van der Waals surface area contributed by atoms with Crippen molar-refractivity contribution in [2.24, 2.45) is 5.92 Å². The van der Waals surface area contributed by atoms with E-state index in [1.165, 1.54) is 29.0 Å². The Bertz CT molecular complexity index is 443. The fourth-order valence-corrected chi connectivity index (χ4v) is 5.20. The SMILES string of the molecule is O=C(NCCC1CCCNC1)c1cc2c(s1)CCSC2. The van der Waals surface area contributed by atoms with Crippen LogP contribution in [0.25, 0.3) is 0 Å². The predicted molar refractivity (Wildman–Crippen MR) is 86.7 cm³/mol. The van der Waals surface area contributed by atoms with Crippen molar-refractivity contribution in [2.45, 2.75) is 31.4 Å². The van der Waals surface area contributed by atoms with Gasteiger partial charge in [0.05, 0.1) is 4.88 Å². The van der Waals surface area contributed by atoms with Gasteiger partial charge < -0.3 is 10.6 Å². The second-order valence-corrected chi connectivity index (χ2v) is 7.86. The Hall–Kier alpha value is -0.520. The third-order valence-electron chi connectivity index (χ3n) is 4.09. The first kappa shape index (κ1) is 14.4. The number of nitrogens with one attached hydrogen (secondary N) is 2. The number of rotatable bonds is 4. The van der Waals surface area contributed by atoms with Gasteiger partial charge in [-0.2, -0.15) is 11.8 Å². The van der Waals surface area contributed by atoms with Gasteiger partial charge in [0.25, 0.3) is 5.91 Å². The van der Waals surface area contributed by atoms with Gasteiger partial charge in [0.2, 0.25) is 0 Å². The lowest BCUT2D eigenvalue weighted by Crippen LogP contribution is -2.33. The predicted octanol–water partition coefficient (Wildman–Crippen LogP) is 2.66. The highest BCUT2D eigenvalue weighted by Gasteiger charge is 2.18. The largest absolute Gasteiger partial charge is 0.351 e. The van der Waals surface area contributed by atoms with Crippen LogP contribution in [-0.2, 0) is 12.2 Å². The number of piperidine rings is 1. The molecule has 0 radical (unpaired) electrons. The van der Waals surface area contributed by atoms with Crippen molar-refractivity contribution in [1.82, 2.24) is 10.6 Å². The van der Waals surface area contributed by atoms with E-state index in [1.807, 2.05) is 11.8 Å². The molecule has 0 bridgehead atoms. The molecular formula is C15H22N2OS2. The van der Waals surface area contributed by atoms with Crippen molar-refractivity contribution in [3.05, 3.63) is 21.4 Å². The molecule has 110 valence electrons. The van der Waals surface area contributed by atoms with Crippen LogP contribution >= 0.6 is 23.1 Å². The van der Waals surface area contributed by atoms with Gasteiger partial charge in [0.1, 0.15) is 0 Å². The van der Waals surface area contributed by atoms with Gasteiger partial charge in [0.15, 0.2) is 0 Å². The van der Waals surface area contributed by atoms with Crippen LogP contribution in [0.2, 0.25) is 0 Å². The summed E-state index contributed by atoms with van der Waals surface area (Å²) in [6, 6.07) is 2.10. The van der Waals surface area contributed by atoms with Gasteiger partial charge in [0, 0.05) is 17.2 Å². The monoisotopic (exact) mass is 310 g/mol. The highest BCUT2D eigenvalue weighted by Crippen LogP contribution is 2.31. The van der Waals surface area contributed by atoms with Crippen LogP contribution in [0.4, 0.5) is 0 Å². The van der Waals surface area contributed by atoms with Crippen LogP contribution in [0.15, 0.2) is 6.07 Å².